The molecule has 3 aromatic carbocycles. The number of ketones is 1. The van der Waals surface area contributed by atoms with Gasteiger partial charge in [-0.05, 0) is 66.8 Å². The van der Waals surface area contributed by atoms with Gasteiger partial charge in [0.15, 0.2) is 5.13 Å². The highest BCUT2D eigenvalue weighted by Gasteiger charge is 2.48. The summed E-state index contributed by atoms with van der Waals surface area (Å²) < 4.78 is 6.70. The fourth-order valence-corrected chi connectivity index (χ4v) is 5.65. The van der Waals surface area contributed by atoms with E-state index in [1.165, 1.54) is 21.8 Å². The number of ether oxygens (including phenoxy) is 1. The van der Waals surface area contributed by atoms with Crippen LogP contribution in [-0.4, -0.2) is 28.4 Å². The van der Waals surface area contributed by atoms with Gasteiger partial charge in [0.2, 0.25) is 0 Å². The second-order valence-corrected chi connectivity index (χ2v) is 11.0. The van der Waals surface area contributed by atoms with Crippen LogP contribution >= 0.6 is 11.3 Å². The molecule has 6 nitrogen and oxygen atoms in total. The molecular formula is C31H30N2O4S. The van der Waals surface area contributed by atoms with Crippen LogP contribution in [0.2, 0.25) is 0 Å². The van der Waals surface area contributed by atoms with E-state index in [-0.39, 0.29) is 11.3 Å². The molecule has 1 unspecified atom stereocenters. The van der Waals surface area contributed by atoms with Crippen molar-refractivity contribution in [2.24, 2.45) is 5.92 Å². The number of aryl methyl sites for hydroxylation is 2. The maximum Gasteiger partial charge on any atom is 0.301 e. The van der Waals surface area contributed by atoms with E-state index >= 15 is 0 Å². The van der Waals surface area contributed by atoms with E-state index in [1.54, 1.807) is 24.3 Å². The molecule has 1 saturated heterocycles. The Bertz CT molecular complexity index is 1550. The first-order valence-electron chi connectivity index (χ1n) is 12.8. The summed E-state index contributed by atoms with van der Waals surface area (Å²) in [5.41, 5.74) is 4.14. The maximum atomic E-state index is 13.5. The minimum absolute atomic E-state index is 0.0463. The lowest BCUT2D eigenvalue weighted by molar-refractivity contribution is -0.132. The molecule has 1 amide bonds. The van der Waals surface area contributed by atoms with Gasteiger partial charge in [-0.25, -0.2) is 4.98 Å². The highest BCUT2D eigenvalue weighted by Crippen LogP contribution is 2.44. The third kappa shape index (κ3) is 4.82. The van der Waals surface area contributed by atoms with Crippen molar-refractivity contribution in [2.45, 2.75) is 40.2 Å². The molecule has 1 fully saturated rings. The van der Waals surface area contributed by atoms with Crippen LogP contribution in [0, 0.1) is 12.8 Å². The minimum atomic E-state index is -0.807. The normalized spacial score (nSPS) is 17.1. The Labute approximate surface area is 226 Å². The molecule has 194 valence electrons. The molecular weight excluding hydrogens is 496 g/mol. The second-order valence-electron chi connectivity index (χ2n) is 9.96. The zero-order valence-corrected chi connectivity index (χ0v) is 22.7. The summed E-state index contributed by atoms with van der Waals surface area (Å²) in [5.74, 6) is -0.606. The molecule has 0 saturated carbocycles. The van der Waals surface area contributed by atoms with Gasteiger partial charge < -0.3 is 9.84 Å². The molecule has 7 heteroatoms. The second kappa shape index (κ2) is 10.4. The fourth-order valence-electron chi connectivity index (χ4n) is 4.59. The molecule has 4 aromatic rings. The summed E-state index contributed by atoms with van der Waals surface area (Å²) in [6.07, 6.45) is 0.887. The summed E-state index contributed by atoms with van der Waals surface area (Å²) in [5, 5.41) is 11.8. The zero-order chi connectivity index (χ0) is 27.0. The summed E-state index contributed by atoms with van der Waals surface area (Å²) in [4.78, 5) is 33.1. The van der Waals surface area contributed by atoms with Gasteiger partial charge in [-0.15, -0.1) is 0 Å². The molecule has 0 bridgehead atoms. The first-order chi connectivity index (χ1) is 18.3. The molecule has 1 aliphatic heterocycles. The van der Waals surface area contributed by atoms with Crippen molar-refractivity contribution < 1.29 is 19.4 Å². The number of fused-ring (bicyclic) bond motifs is 1. The molecule has 1 aliphatic rings. The van der Waals surface area contributed by atoms with Gasteiger partial charge in [0.05, 0.1) is 28.4 Å². The molecule has 2 heterocycles. The number of amides is 1. The van der Waals surface area contributed by atoms with Gasteiger partial charge in [0, 0.05) is 5.56 Å². The Morgan fingerprint density at radius 1 is 1.08 bits per heavy atom. The number of anilines is 1. The lowest BCUT2D eigenvalue weighted by Crippen LogP contribution is -2.29. The topological polar surface area (TPSA) is 79.7 Å². The highest BCUT2D eigenvalue weighted by molar-refractivity contribution is 7.22. The molecule has 0 aliphatic carbocycles. The van der Waals surface area contributed by atoms with E-state index in [9.17, 15) is 14.7 Å². The minimum Gasteiger partial charge on any atom is -0.507 e. The summed E-state index contributed by atoms with van der Waals surface area (Å²) in [6.45, 7) is 8.75. The SMILES string of the molecule is CCc1ccc2nc(N3C(=O)C(=O)/C(=C(/O)c4ccc(OCC(C)C)cc4)C3c3cccc(C)c3)sc2c1. The molecule has 0 radical (unpaired) electrons. The first-order valence-corrected chi connectivity index (χ1v) is 13.6. The Balaban J connectivity index is 1.62. The number of carbonyl (C=O) groups is 2. The van der Waals surface area contributed by atoms with Gasteiger partial charge in [0.1, 0.15) is 11.5 Å². The molecule has 5 rings (SSSR count). The first kappa shape index (κ1) is 25.7. The number of aliphatic hydroxyl groups is 1. The Kier molecular flexibility index (Phi) is 7.04. The van der Waals surface area contributed by atoms with Gasteiger partial charge >= 0.3 is 5.91 Å². The van der Waals surface area contributed by atoms with Gasteiger partial charge in [-0.2, -0.15) is 0 Å². The molecule has 1 aromatic heterocycles. The lowest BCUT2D eigenvalue weighted by Gasteiger charge is -2.23. The largest absolute Gasteiger partial charge is 0.507 e. The van der Waals surface area contributed by atoms with E-state index in [0.29, 0.717) is 29.0 Å². The zero-order valence-electron chi connectivity index (χ0n) is 21.9. The predicted molar refractivity (Wildman–Crippen MR) is 152 cm³/mol. The predicted octanol–water partition coefficient (Wildman–Crippen LogP) is 6.83. The fraction of sp³-hybridized carbons (Fsp3) is 0.258. The van der Waals surface area contributed by atoms with Gasteiger partial charge in [0.25, 0.3) is 5.78 Å². The van der Waals surface area contributed by atoms with E-state index in [2.05, 4.69) is 26.8 Å². The number of aliphatic hydroxyl groups excluding tert-OH is 1. The molecule has 0 spiro atoms. The van der Waals surface area contributed by atoms with E-state index < -0.39 is 17.7 Å². The number of aromatic nitrogens is 1. The van der Waals surface area contributed by atoms with Crippen LogP contribution < -0.4 is 9.64 Å². The number of Topliss-reactive ketones (excluding diaryl/α,β-unsaturated/α-hetero) is 1. The summed E-state index contributed by atoms with van der Waals surface area (Å²) in [7, 11) is 0. The smallest absolute Gasteiger partial charge is 0.301 e. The molecule has 1 atom stereocenters. The number of nitrogens with zero attached hydrogens (tertiary/aromatic N) is 2. The van der Waals surface area contributed by atoms with Crippen LogP contribution in [0.15, 0.2) is 72.3 Å². The standard InChI is InChI=1S/C31H30N2O4S/c1-5-20-9-14-24-25(16-20)38-31(32-24)33-27(22-8-6-7-19(4)15-22)26(29(35)30(33)36)28(34)21-10-12-23(13-11-21)37-17-18(2)3/h6-16,18,27,34H,5,17H2,1-4H3/b28-26+. The van der Waals surface area contributed by atoms with Gasteiger partial charge in [-0.1, -0.05) is 68.0 Å². The summed E-state index contributed by atoms with van der Waals surface area (Å²) in [6, 6.07) is 19.8. The molecule has 38 heavy (non-hydrogen) atoms. The van der Waals surface area contributed by atoms with E-state index in [0.717, 1.165) is 27.8 Å². The number of hydrogen-bond donors (Lipinski definition) is 1. The highest BCUT2D eigenvalue weighted by atomic mass is 32.1. The number of thiazole rings is 1. The number of carbonyl (C=O) groups excluding carboxylic acids is 2. The Morgan fingerprint density at radius 3 is 2.53 bits per heavy atom. The van der Waals surface area contributed by atoms with Crippen molar-refractivity contribution in [3.8, 4) is 5.75 Å². The molecule has 1 N–H and O–H groups in total. The van der Waals surface area contributed by atoms with Crippen LogP contribution in [0.4, 0.5) is 5.13 Å². The van der Waals surface area contributed by atoms with Crippen molar-refractivity contribution >= 4 is 44.1 Å². The average molecular weight is 527 g/mol. The van der Waals surface area contributed by atoms with Crippen LogP contribution in [0.1, 0.15) is 49.1 Å². The Hall–Kier alpha value is -3.97. The van der Waals surface area contributed by atoms with E-state index in [4.69, 9.17) is 9.72 Å². The van der Waals surface area contributed by atoms with Crippen molar-refractivity contribution in [3.05, 3.63) is 94.6 Å². The van der Waals surface area contributed by atoms with Crippen molar-refractivity contribution in [1.82, 2.24) is 4.98 Å². The van der Waals surface area contributed by atoms with Crippen LogP contribution in [0.5, 0.6) is 5.75 Å². The summed E-state index contributed by atoms with van der Waals surface area (Å²) >= 11 is 1.37. The van der Waals surface area contributed by atoms with Crippen LogP contribution in [-0.2, 0) is 16.0 Å². The number of rotatable bonds is 7. The Morgan fingerprint density at radius 2 is 1.84 bits per heavy atom. The quantitative estimate of drug-likeness (QED) is 0.162. The lowest BCUT2D eigenvalue weighted by atomic mass is 9.94. The maximum absolute atomic E-state index is 13.5. The van der Waals surface area contributed by atoms with Gasteiger partial charge in [-0.3, -0.25) is 14.5 Å². The van der Waals surface area contributed by atoms with Crippen LogP contribution in [0.3, 0.4) is 0 Å². The third-order valence-electron chi connectivity index (χ3n) is 6.57. The monoisotopic (exact) mass is 526 g/mol. The number of hydrogen-bond acceptors (Lipinski definition) is 6. The average Bonchev–Trinajstić information content (AvgIpc) is 3.44. The third-order valence-corrected chi connectivity index (χ3v) is 7.59. The van der Waals surface area contributed by atoms with E-state index in [1.807, 2.05) is 43.3 Å². The van der Waals surface area contributed by atoms with Crippen molar-refractivity contribution in [2.75, 3.05) is 11.5 Å². The van der Waals surface area contributed by atoms with Crippen LogP contribution in [0.25, 0.3) is 16.0 Å². The van der Waals surface area contributed by atoms with Crippen molar-refractivity contribution in [1.29, 1.82) is 0 Å². The number of benzene rings is 3. The van der Waals surface area contributed by atoms with Crippen molar-refractivity contribution in [3.63, 3.8) is 0 Å².